The van der Waals surface area contributed by atoms with Crippen LogP contribution in [-0.4, -0.2) is 33.0 Å². The zero-order valence-electron chi connectivity index (χ0n) is 18.1. The van der Waals surface area contributed by atoms with Gasteiger partial charge in [-0.15, -0.1) is 0 Å². The van der Waals surface area contributed by atoms with E-state index in [-0.39, 0.29) is 24.1 Å². The molecular formula is C24H24N4O4S. The van der Waals surface area contributed by atoms with Crippen LogP contribution in [0.3, 0.4) is 0 Å². The molecule has 0 radical (unpaired) electrons. The second kappa shape index (κ2) is 9.66. The number of hydrogen-bond acceptors (Lipinski definition) is 7. The van der Waals surface area contributed by atoms with Crippen molar-refractivity contribution in [1.82, 2.24) is 19.9 Å². The van der Waals surface area contributed by atoms with Crippen molar-refractivity contribution < 1.29 is 14.3 Å². The summed E-state index contributed by atoms with van der Waals surface area (Å²) in [5.74, 6) is 1.51. The SMILES string of the molecule is O=C(CSc1nc(=O)n(Cc2cccnc2)c2c1CCCC2)NCc1ccc2c(c1)OCO2. The predicted octanol–water partition coefficient (Wildman–Crippen LogP) is 2.70. The van der Waals surface area contributed by atoms with E-state index in [0.29, 0.717) is 23.9 Å². The molecule has 170 valence electrons. The number of amides is 1. The number of pyridine rings is 1. The van der Waals surface area contributed by atoms with Crippen LogP contribution in [-0.2, 0) is 30.7 Å². The molecule has 0 bridgehead atoms. The predicted molar refractivity (Wildman–Crippen MR) is 124 cm³/mol. The fourth-order valence-electron chi connectivity index (χ4n) is 4.14. The molecular weight excluding hydrogens is 440 g/mol. The first-order valence-electron chi connectivity index (χ1n) is 11.0. The van der Waals surface area contributed by atoms with Crippen LogP contribution in [0, 0.1) is 0 Å². The molecule has 1 aliphatic carbocycles. The van der Waals surface area contributed by atoms with Crippen molar-refractivity contribution in [2.24, 2.45) is 0 Å². The van der Waals surface area contributed by atoms with Crippen molar-refractivity contribution in [3.05, 3.63) is 75.6 Å². The zero-order chi connectivity index (χ0) is 22.6. The number of fused-ring (bicyclic) bond motifs is 2. The first kappa shape index (κ1) is 21.5. The lowest BCUT2D eigenvalue weighted by molar-refractivity contribution is -0.118. The van der Waals surface area contributed by atoms with Crippen molar-refractivity contribution in [1.29, 1.82) is 0 Å². The summed E-state index contributed by atoms with van der Waals surface area (Å²) >= 11 is 1.33. The highest BCUT2D eigenvalue weighted by atomic mass is 32.2. The molecule has 2 aromatic heterocycles. The zero-order valence-corrected chi connectivity index (χ0v) is 18.9. The van der Waals surface area contributed by atoms with Crippen LogP contribution >= 0.6 is 11.8 Å². The standard InChI is InChI=1S/C24H24N4O4S/c29-22(26-12-16-7-8-20-21(10-16)32-15-31-20)14-33-23-18-5-1-2-6-19(18)28(24(30)27-23)13-17-4-3-9-25-11-17/h3-4,7-11H,1-2,5-6,12-15H2,(H,26,29). The topological polar surface area (TPSA) is 95.3 Å². The van der Waals surface area contributed by atoms with E-state index in [1.807, 2.05) is 30.3 Å². The Morgan fingerprint density at radius 2 is 2.00 bits per heavy atom. The van der Waals surface area contributed by atoms with E-state index in [1.54, 1.807) is 17.0 Å². The molecule has 9 heteroatoms. The lowest BCUT2D eigenvalue weighted by Gasteiger charge is -2.22. The molecule has 0 spiro atoms. The minimum atomic E-state index is -0.275. The number of aromatic nitrogens is 3. The Balaban J connectivity index is 1.26. The summed E-state index contributed by atoms with van der Waals surface area (Å²) in [4.78, 5) is 33.8. The molecule has 1 amide bonds. The van der Waals surface area contributed by atoms with Gasteiger partial charge >= 0.3 is 5.69 Å². The molecule has 3 aromatic rings. The maximum absolute atomic E-state index is 12.9. The number of nitrogens with one attached hydrogen (secondary N) is 1. The van der Waals surface area contributed by atoms with Crippen LogP contribution in [0.15, 0.2) is 52.5 Å². The largest absolute Gasteiger partial charge is 0.454 e. The number of rotatable bonds is 7. The van der Waals surface area contributed by atoms with Gasteiger partial charge in [0.1, 0.15) is 5.03 Å². The molecule has 1 aliphatic heterocycles. The van der Waals surface area contributed by atoms with Crippen LogP contribution in [0.25, 0.3) is 0 Å². The molecule has 8 nitrogen and oxygen atoms in total. The van der Waals surface area contributed by atoms with E-state index >= 15 is 0 Å². The molecule has 0 saturated carbocycles. The van der Waals surface area contributed by atoms with Gasteiger partial charge in [-0.05, 0) is 55.0 Å². The highest BCUT2D eigenvalue weighted by Gasteiger charge is 2.21. The second-order valence-corrected chi connectivity index (χ2v) is 9.00. The third-order valence-corrected chi connectivity index (χ3v) is 6.80. The summed E-state index contributed by atoms with van der Waals surface area (Å²) < 4.78 is 12.5. The monoisotopic (exact) mass is 464 g/mol. The second-order valence-electron chi connectivity index (χ2n) is 8.03. The Morgan fingerprint density at radius 3 is 2.88 bits per heavy atom. The molecule has 0 unspecified atom stereocenters. The number of nitrogens with zero attached hydrogens (tertiary/aromatic N) is 3. The number of ether oxygens (including phenoxy) is 2. The van der Waals surface area contributed by atoms with Crippen molar-refractivity contribution in [2.45, 2.75) is 43.8 Å². The van der Waals surface area contributed by atoms with Crippen molar-refractivity contribution in [3.63, 3.8) is 0 Å². The summed E-state index contributed by atoms with van der Waals surface area (Å²) in [5.41, 5.74) is 3.76. The van der Waals surface area contributed by atoms with E-state index < -0.39 is 0 Å². The number of carbonyl (C=O) groups excluding carboxylic acids is 1. The van der Waals surface area contributed by atoms with Gasteiger partial charge in [0.15, 0.2) is 11.5 Å². The van der Waals surface area contributed by atoms with Crippen molar-refractivity contribution in [2.75, 3.05) is 12.5 Å². The summed E-state index contributed by atoms with van der Waals surface area (Å²) in [5, 5.41) is 3.60. The average Bonchev–Trinajstić information content (AvgIpc) is 3.32. The van der Waals surface area contributed by atoms with Gasteiger partial charge in [0.25, 0.3) is 0 Å². The highest BCUT2D eigenvalue weighted by molar-refractivity contribution is 7.99. The van der Waals surface area contributed by atoms with Crippen LogP contribution in [0.1, 0.15) is 35.2 Å². The lowest BCUT2D eigenvalue weighted by Crippen LogP contribution is -2.31. The van der Waals surface area contributed by atoms with Gasteiger partial charge in [-0.25, -0.2) is 4.79 Å². The number of thioether (sulfide) groups is 1. The molecule has 2 aliphatic rings. The molecule has 1 aromatic carbocycles. The highest BCUT2D eigenvalue weighted by Crippen LogP contribution is 2.32. The van der Waals surface area contributed by atoms with Crippen LogP contribution < -0.4 is 20.5 Å². The molecule has 0 fully saturated rings. The molecule has 0 saturated heterocycles. The van der Waals surface area contributed by atoms with Crippen molar-refractivity contribution >= 4 is 17.7 Å². The Bertz CT molecular complexity index is 1230. The summed E-state index contributed by atoms with van der Waals surface area (Å²) in [7, 11) is 0. The summed E-state index contributed by atoms with van der Waals surface area (Å²) in [6.45, 7) is 1.08. The summed E-state index contributed by atoms with van der Waals surface area (Å²) in [6, 6.07) is 9.44. The van der Waals surface area contributed by atoms with Crippen LogP contribution in [0.4, 0.5) is 0 Å². The normalized spacial score (nSPS) is 14.1. The van der Waals surface area contributed by atoms with E-state index in [9.17, 15) is 9.59 Å². The van der Waals surface area contributed by atoms with Gasteiger partial charge in [0.05, 0.1) is 12.3 Å². The average molecular weight is 465 g/mol. The van der Waals surface area contributed by atoms with Crippen molar-refractivity contribution in [3.8, 4) is 11.5 Å². The van der Waals surface area contributed by atoms with E-state index in [2.05, 4.69) is 15.3 Å². The van der Waals surface area contributed by atoms with Gasteiger partial charge in [0.2, 0.25) is 12.7 Å². The minimum absolute atomic E-state index is 0.108. The smallest absolute Gasteiger partial charge is 0.349 e. The molecule has 0 atom stereocenters. The fourth-order valence-corrected chi connectivity index (χ4v) is 5.05. The maximum atomic E-state index is 12.9. The number of benzene rings is 1. The van der Waals surface area contributed by atoms with Crippen LogP contribution in [0.2, 0.25) is 0 Å². The first-order chi connectivity index (χ1) is 16.2. The Labute approximate surface area is 195 Å². The third-order valence-electron chi connectivity index (χ3n) is 5.78. The Kier molecular flexibility index (Phi) is 6.30. The van der Waals surface area contributed by atoms with Gasteiger partial charge in [-0.2, -0.15) is 4.98 Å². The molecule has 33 heavy (non-hydrogen) atoms. The van der Waals surface area contributed by atoms with Gasteiger partial charge < -0.3 is 14.8 Å². The van der Waals surface area contributed by atoms with Crippen LogP contribution in [0.5, 0.6) is 11.5 Å². The fraction of sp³-hybridized carbons (Fsp3) is 0.333. The first-order valence-corrected chi connectivity index (χ1v) is 12.0. The van der Waals surface area contributed by atoms with E-state index in [4.69, 9.17) is 9.47 Å². The van der Waals surface area contributed by atoms with E-state index in [1.165, 1.54) is 11.8 Å². The molecule has 3 heterocycles. The Morgan fingerprint density at radius 1 is 1.12 bits per heavy atom. The quantitative estimate of drug-likeness (QED) is 0.424. The number of hydrogen-bond donors (Lipinski definition) is 1. The van der Waals surface area contributed by atoms with Gasteiger partial charge in [-0.3, -0.25) is 14.3 Å². The Hall–Kier alpha value is -3.33. The lowest BCUT2D eigenvalue weighted by atomic mass is 9.97. The molecule has 5 rings (SSSR count). The summed E-state index contributed by atoms with van der Waals surface area (Å²) in [6.07, 6.45) is 7.31. The van der Waals surface area contributed by atoms with E-state index in [0.717, 1.165) is 53.8 Å². The molecule has 1 N–H and O–H groups in total. The minimum Gasteiger partial charge on any atom is -0.454 e. The van der Waals surface area contributed by atoms with Gasteiger partial charge in [-0.1, -0.05) is 23.9 Å². The number of carbonyl (C=O) groups is 1. The maximum Gasteiger partial charge on any atom is 0.349 e. The third kappa shape index (κ3) is 4.88. The van der Waals surface area contributed by atoms with Gasteiger partial charge in [0, 0.05) is 30.2 Å².